The van der Waals surface area contributed by atoms with Gasteiger partial charge in [-0.05, 0) is 61.9 Å². The van der Waals surface area contributed by atoms with Gasteiger partial charge in [0.1, 0.15) is 5.82 Å². The molecule has 0 radical (unpaired) electrons. The lowest BCUT2D eigenvalue weighted by atomic mass is 9.79. The van der Waals surface area contributed by atoms with E-state index in [4.69, 9.17) is 11.6 Å². The van der Waals surface area contributed by atoms with Gasteiger partial charge in [0.05, 0.1) is 5.02 Å². The van der Waals surface area contributed by atoms with E-state index in [1.807, 2.05) is 0 Å². The van der Waals surface area contributed by atoms with E-state index in [2.05, 4.69) is 5.32 Å². The summed E-state index contributed by atoms with van der Waals surface area (Å²) in [4.78, 5) is 0. The molecule has 0 saturated carbocycles. The second kappa shape index (κ2) is 6.50. The highest BCUT2D eigenvalue weighted by Crippen LogP contribution is 2.35. The van der Waals surface area contributed by atoms with E-state index >= 15 is 0 Å². The molecule has 0 bridgehead atoms. The van der Waals surface area contributed by atoms with Crippen LogP contribution < -0.4 is 5.32 Å². The van der Waals surface area contributed by atoms with Crippen molar-refractivity contribution in [3.05, 3.63) is 34.6 Å². The van der Waals surface area contributed by atoms with Crippen molar-refractivity contribution in [1.29, 1.82) is 0 Å². The van der Waals surface area contributed by atoms with Gasteiger partial charge in [-0.1, -0.05) is 17.7 Å². The maximum Gasteiger partial charge on any atom is 0.141 e. The standard InChI is InChI=1S/C14H19ClFNO/c15-13-9-11(1-2-14(13)16)12(5-8-18)10-3-6-17-7-4-10/h1-2,9-10,12,17-18H,3-8H2. The molecule has 1 fully saturated rings. The maximum atomic E-state index is 13.2. The summed E-state index contributed by atoms with van der Waals surface area (Å²) in [7, 11) is 0. The summed E-state index contributed by atoms with van der Waals surface area (Å²) >= 11 is 5.85. The van der Waals surface area contributed by atoms with E-state index in [9.17, 15) is 9.50 Å². The minimum absolute atomic E-state index is 0.156. The van der Waals surface area contributed by atoms with E-state index in [1.165, 1.54) is 6.07 Å². The first-order valence-electron chi connectivity index (χ1n) is 6.49. The first kappa shape index (κ1) is 13.8. The van der Waals surface area contributed by atoms with Crippen LogP contribution in [0.2, 0.25) is 5.02 Å². The molecule has 0 aliphatic carbocycles. The highest BCUT2D eigenvalue weighted by atomic mass is 35.5. The van der Waals surface area contributed by atoms with Crippen LogP contribution in [0.1, 0.15) is 30.7 Å². The number of halogens is 2. The van der Waals surface area contributed by atoms with Crippen molar-refractivity contribution in [1.82, 2.24) is 5.32 Å². The van der Waals surface area contributed by atoms with Crippen LogP contribution in [-0.2, 0) is 0 Å². The summed E-state index contributed by atoms with van der Waals surface area (Å²) in [6.07, 6.45) is 2.91. The first-order valence-corrected chi connectivity index (χ1v) is 6.86. The van der Waals surface area contributed by atoms with E-state index in [0.717, 1.165) is 31.5 Å². The fraction of sp³-hybridized carbons (Fsp3) is 0.571. The van der Waals surface area contributed by atoms with E-state index in [1.54, 1.807) is 12.1 Å². The topological polar surface area (TPSA) is 32.3 Å². The molecule has 2 nitrogen and oxygen atoms in total. The minimum Gasteiger partial charge on any atom is -0.396 e. The Morgan fingerprint density at radius 2 is 2.11 bits per heavy atom. The Kier molecular flexibility index (Phi) is 4.98. The maximum absolute atomic E-state index is 13.2. The van der Waals surface area contributed by atoms with Crippen LogP contribution in [0, 0.1) is 11.7 Å². The van der Waals surface area contributed by atoms with Gasteiger partial charge in [-0.2, -0.15) is 0 Å². The predicted octanol–water partition coefficient (Wildman–Crippen LogP) is 2.94. The Morgan fingerprint density at radius 3 is 2.72 bits per heavy atom. The zero-order chi connectivity index (χ0) is 13.0. The lowest BCUT2D eigenvalue weighted by Gasteiger charge is -2.31. The summed E-state index contributed by atoms with van der Waals surface area (Å²) in [6.45, 7) is 2.19. The van der Waals surface area contributed by atoms with Crippen LogP contribution in [0.15, 0.2) is 18.2 Å². The Balaban J connectivity index is 2.19. The molecule has 0 amide bonds. The SMILES string of the molecule is OCCC(c1ccc(F)c(Cl)c1)C1CCNCC1. The summed E-state index contributed by atoms with van der Waals surface area (Å²) in [5.74, 6) is 0.434. The van der Waals surface area contributed by atoms with Gasteiger partial charge in [0.2, 0.25) is 0 Å². The molecule has 1 aliphatic heterocycles. The summed E-state index contributed by atoms with van der Waals surface area (Å²) < 4.78 is 13.2. The number of aliphatic hydroxyl groups excluding tert-OH is 1. The second-order valence-electron chi connectivity index (χ2n) is 4.88. The third-order valence-electron chi connectivity index (χ3n) is 3.76. The molecule has 0 spiro atoms. The van der Waals surface area contributed by atoms with E-state index in [0.29, 0.717) is 12.3 Å². The van der Waals surface area contributed by atoms with Crippen molar-refractivity contribution in [2.24, 2.45) is 5.92 Å². The Hall–Kier alpha value is -0.640. The van der Waals surface area contributed by atoms with E-state index < -0.39 is 0 Å². The van der Waals surface area contributed by atoms with Gasteiger partial charge in [0.25, 0.3) is 0 Å². The lowest BCUT2D eigenvalue weighted by Crippen LogP contribution is -2.31. The number of hydrogen-bond acceptors (Lipinski definition) is 2. The second-order valence-corrected chi connectivity index (χ2v) is 5.29. The number of hydrogen-bond donors (Lipinski definition) is 2. The smallest absolute Gasteiger partial charge is 0.141 e. The molecule has 1 aromatic carbocycles. The third kappa shape index (κ3) is 3.22. The largest absolute Gasteiger partial charge is 0.396 e. The Labute approximate surface area is 112 Å². The Morgan fingerprint density at radius 1 is 1.39 bits per heavy atom. The van der Waals surface area contributed by atoms with Crippen molar-refractivity contribution in [3.63, 3.8) is 0 Å². The molecule has 100 valence electrons. The van der Waals surface area contributed by atoms with Crippen molar-refractivity contribution in [3.8, 4) is 0 Å². The molecule has 1 aromatic rings. The van der Waals surface area contributed by atoms with Gasteiger partial charge in [0, 0.05) is 6.61 Å². The highest BCUT2D eigenvalue weighted by molar-refractivity contribution is 6.30. The van der Waals surface area contributed by atoms with Crippen LogP contribution in [0.25, 0.3) is 0 Å². The number of benzene rings is 1. The molecule has 1 aliphatic rings. The molecular formula is C14H19ClFNO. The highest BCUT2D eigenvalue weighted by Gasteiger charge is 2.25. The van der Waals surface area contributed by atoms with Gasteiger partial charge in [-0.25, -0.2) is 4.39 Å². The third-order valence-corrected chi connectivity index (χ3v) is 4.05. The van der Waals surface area contributed by atoms with Crippen LogP contribution in [0.3, 0.4) is 0 Å². The summed E-state index contributed by atoms with van der Waals surface area (Å²) in [5.41, 5.74) is 1.04. The normalized spacial score (nSPS) is 18.8. The zero-order valence-corrected chi connectivity index (χ0v) is 11.1. The van der Waals surface area contributed by atoms with Crippen molar-refractivity contribution in [2.45, 2.75) is 25.2 Å². The van der Waals surface area contributed by atoms with Gasteiger partial charge >= 0.3 is 0 Å². The predicted molar refractivity (Wildman–Crippen MR) is 71.4 cm³/mol. The van der Waals surface area contributed by atoms with Crippen LogP contribution in [-0.4, -0.2) is 24.8 Å². The number of rotatable bonds is 4. The minimum atomic E-state index is -0.381. The first-order chi connectivity index (χ1) is 8.72. The summed E-state index contributed by atoms with van der Waals surface area (Å²) in [5, 5.41) is 12.7. The van der Waals surface area contributed by atoms with Gasteiger partial charge in [-0.3, -0.25) is 0 Å². The van der Waals surface area contributed by atoms with Crippen LogP contribution >= 0.6 is 11.6 Å². The number of nitrogens with one attached hydrogen (secondary N) is 1. The summed E-state index contributed by atoms with van der Waals surface area (Å²) in [6, 6.07) is 4.92. The average Bonchev–Trinajstić information content (AvgIpc) is 2.40. The molecule has 1 saturated heterocycles. The molecule has 0 aromatic heterocycles. The molecule has 1 heterocycles. The monoisotopic (exact) mass is 271 g/mol. The molecule has 1 atom stereocenters. The van der Waals surface area contributed by atoms with Gasteiger partial charge in [-0.15, -0.1) is 0 Å². The van der Waals surface area contributed by atoms with Crippen molar-refractivity contribution in [2.75, 3.05) is 19.7 Å². The fourth-order valence-electron chi connectivity index (χ4n) is 2.80. The molecule has 4 heteroatoms. The van der Waals surface area contributed by atoms with Crippen molar-refractivity contribution >= 4 is 11.6 Å². The quantitative estimate of drug-likeness (QED) is 0.883. The van der Waals surface area contributed by atoms with Gasteiger partial charge < -0.3 is 10.4 Å². The zero-order valence-electron chi connectivity index (χ0n) is 10.3. The Bertz CT molecular complexity index is 393. The lowest BCUT2D eigenvalue weighted by molar-refractivity contribution is 0.233. The fourth-order valence-corrected chi connectivity index (χ4v) is 2.99. The molecule has 18 heavy (non-hydrogen) atoms. The number of aliphatic hydroxyl groups is 1. The van der Waals surface area contributed by atoms with E-state index in [-0.39, 0.29) is 23.4 Å². The average molecular weight is 272 g/mol. The van der Waals surface area contributed by atoms with Crippen LogP contribution in [0.5, 0.6) is 0 Å². The van der Waals surface area contributed by atoms with Gasteiger partial charge in [0.15, 0.2) is 0 Å². The molecule has 2 rings (SSSR count). The number of piperidine rings is 1. The molecule has 1 unspecified atom stereocenters. The van der Waals surface area contributed by atoms with Crippen molar-refractivity contribution < 1.29 is 9.50 Å². The molecule has 2 N–H and O–H groups in total. The molecular weight excluding hydrogens is 253 g/mol. The van der Waals surface area contributed by atoms with Crippen LogP contribution in [0.4, 0.5) is 4.39 Å².